The van der Waals surface area contributed by atoms with Gasteiger partial charge in [-0.05, 0) is 51.4 Å². The monoisotopic (exact) mass is 411 g/mol. The smallest absolute Gasteiger partial charge is 0.245 e. The summed E-state index contributed by atoms with van der Waals surface area (Å²) >= 11 is 0. The number of hydroxylamine groups is 2. The van der Waals surface area contributed by atoms with Crippen molar-refractivity contribution >= 4 is 15.9 Å². The summed E-state index contributed by atoms with van der Waals surface area (Å²) < 4.78 is 25.9. The van der Waals surface area contributed by atoms with E-state index in [0.717, 1.165) is 44.5 Å². The van der Waals surface area contributed by atoms with Crippen LogP contribution in [-0.4, -0.2) is 75.2 Å². The first-order valence-electron chi connectivity index (χ1n) is 9.68. The molecule has 2 aliphatic rings. The van der Waals surface area contributed by atoms with Gasteiger partial charge in [0.25, 0.3) is 0 Å². The number of amides is 1. The quantitative estimate of drug-likeness (QED) is 0.601. The van der Waals surface area contributed by atoms with Crippen molar-refractivity contribution < 1.29 is 18.0 Å². The average molecular weight is 412 g/mol. The van der Waals surface area contributed by atoms with E-state index in [-0.39, 0.29) is 11.3 Å². The lowest BCUT2D eigenvalue weighted by molar-refractivity contribution is -0.168. The van der Waals surface area contributed by atoms with Gasteiger partial charge in [0.15, 0.2) is 0 Å². The molecule has 0 radical (unpaired) electrons. The fraction of sp³-hybridized carbons (Fsp3) is 0.650. The van der Waals surface area contributed by atoms with E-state index in [9.17, 15) is 13.2 Å². The predicted molar refractivity (Wildman–Crippen MR) is 111 cm³/mol. The summed E-state index contributed by atoms with van der Waals surface area (Å²) in [5.41, 5.74) is 1.46. The third-order valence-electron chi connectivity index (χ3n) is 5.79. The third-order valence-corrected chi connectivity index (χ3v) is 6.94. The number of likely N-dealkylation sites (tertiary alicyclic amines) is 1. The zero-order valence-electron chi connectivity index (χ0n) is 17.5. The van der Waals surface area contributed by atoms with Crippen LogP contribution in [0.15, 0.2) is 36.1 Å². The molecule has 0 aromatic carbocycles. The minimum Gasteiger partial charge on any atom is -0.303 e. The van der Waals surface area contributed by atoms with Crippen LogP contribution in [0.1, 0.15) is 32.6 Å². The fourth-order valence-electron chi connectivity index (χ4n) is 4.02. The molecule has 0 atom stereocenters. The number of sulfonamides is 1. The maximum Gasteiger partial charge on any atom is 0.245 e. The standard InChI is InChI=1S/C20H33N3O4S/c1-6-7-9-18-17(2)23(28(5,25)26)16-20(18)11-14-22(15-12-20)13-8-10-19(24)21(3)27-4/h6-7,9H,2,8,10-16H2,1,3-5H3/b7-6-,18-9+. The van der Waals surface area contributed by atoms with Gasteiger partial charge < -0.3 is 4.90 Å². The van der Waals surface area contributed by atoms with Crippen molar-refractivity contribution in [2.24, 2.45) is 5.41 Å². The lowest BCUT2D eigenvalue weighted by Gasteiger charge is -2.39. The summed E-state index contributed by atoms with van der Waals surface area (Å²) in [5, 5.41) is 1.26. The van der Waals surface area contributed by atoms with Gasteiger partial charge in [0.2, 0.25) is 15.9 Å². The van der Waals surface area contributed by atoms with Gasteiger partial charge in [-0.1, -0.05) is 24.8 Å². The van der Waals surface area contributed by atoms with Gasteiger partial charge in [0, 0.05) is 31.1 Å². The zero-order valence-corrected chi connectivity index (χ0v) is 18.3. The van der Waals surface area contributed by atoms with Gasteiger partial charge >= 0.3 is 0 Å². The SMILES string of the molecule is C=C1/C(=C\C=C/C)C2(CCN(CCCC(=O)N(C)OC)CC2)CN1S(C)(=O)=O. The lowest BCUT2D eigenvalue weighted by Crippen LogP contribution is -2.43. The van der Waals surface area contributed by atoms with Crippen LogP contribution in [0.4, 0.5) is 0 Å². The van der Waals surface area contributed by atoms with Crippen molar-refractivity contribution in [3.63, 3.8) is 0 Å². The van der Waals surface area contributed by atoms with Gasteiger partial charge in [0.05, 0.1) is 13.4 Å². The fourth-order valence-corrected chi connectivity index (χ4v) is 5.00. The first-order chi connectivity index (χ1) is 13.1. The van der Waals surface area contributed by atoms with E-state index in [4.69, 9.17) is 4.84 Å². The molecule has 7 nitrogen and oxygen atoms in total. The molecule has 2 rings (SSSR count). The molecule has 0 N–H and O–H groups in total. The van der Waals surface area contributed by atoms with Crippen LogP contribution >= 0.6 is 0 Å². The average Bonchev–Trinajstić information content (AvgIpc) is 2.93. The summed E-state index contributed by atoms with van der Waals surface area (Å²) in [7, 11) is -0.232. The molecule has 1 spiro atoms. The molecule has 0 aliphatic carbocycles. The Balaban J connectivity index is 2.01. The number of hydrogen-bond acceptors (Lipinski definition) is 5. The van der Waals surface area contributed by atoms with Gasteiger partial charge in [-0.15, -0.1) is 0 Å². The number of hydrogen-bond donors (Lipinski definition) is 0. The number of carbonyl (C=O) groups excluding carboxylic acids is 1. The van der Waals surface area contributed by atoms with E-state index in [2.05, 4.69) is 11.5 Å². The van der Waals surface area contributed by atoms with Crippen molar-refractivity contribution in [3.8, 4) is 0 Å². The van der Waals surface area contributed by atoms with E-state index >= 15 is 0 Å². The molecular formula is C20H33N3O4S. The molecule has 2 fully saturated rings. The minimum atomic E-state index is -3.33. The molecule has 0 bridgehead atoms. The normalized spacial score (nSPS) is 21.9. The van der Waals surface area contributed by atoms with E-state index in [1.165, 1.54) is 22.7 Å². The largest absolute Gasteiger partial charge is 0.303 e. The summed E-state index contributed by atoms with van der Waals surface area (Å²) in [6.07, 6.45) is 10.2. The molecule has 0 saturated carbocycles. The molecule has 28 heavy (non-hydrogen) atoms. The summed E-state index contributed by atoms with van der Waals surface area (Å²) in [6.45, 7) is 9.11. The number of rotatable bonds is 7. The van der Waals surface area contributed by atoms with Crippen LogP contribution in [-0.2, 0) is 19.7 Å². The Bertz CT molecular complexity index is 749. The molecule has 2 heterocycles. The molecule has 2 aliphatic heterocycles. The van der Waals surface area contributed by atoms with E-state index in [1.807, 2.05) is 25.2 Å². The van der Waals surface area contributed by atoms with Crippen molar-refractivity contribution in [1.29, 1.82) is 0 Å². The van der Waals surface area contributed by atoms with Crippen molar-refractivity contribution in [3.05, 3.63) is 36.1 Å². The Morgan fingerprint density at radius 3 is 2.54 bits per heavy atom. The molecule has 0 aromatic heterocycles. The van der Waals surface area contributed by atoms with Gasteiger partial charge in [-0.2, -0.15) is 0 Å². The molecule has 2 saturated heterocycles. The van der Waals surface area contributed by atoms with Crippen molar-refractivity contribution in [2.45, 2.75) is 32.6 Å². The second-order valence-corrected chi connectivity index (χ2v) is 9.53. The first kappa shape index (κ1) is 22.6. The van der Waals surface area contributed by atoms with E-state index in [0.29, 0.717) is 18.7 Å². The van der Waals surface area contributed by atoms with Crippen LogP contribution in [0.25, 0.3) is 0 Å². The Morgan fingerprint density at radius 2 is 2.00 bits per heavy atom. The summed E-state index contributed by atoms with van der Waals surface area (Å²) in [4.78, 5) is 19.1. The molecule has 8 heteroatoms. The van der Waals surface area contributed by atoms with Gasteiger partial charge in [-0.3, -0.25) is 13.9 Å². The summed E-state index contributed by atoms with van der Waals surface area (Å²) in [5.74, 6) is -0.0246. The topological polar surface area (TPSA) is 70.2 Å². The second-order valence-electron chi connectivity index (χ2n) is 7.62. The Hall–Kier alpha value is -1.64. The van der Waals surface area contributed by atoms with Crippen LogP contribution in [0.2, 0.25) is 0 Å². The van der Waals surface area contributed by atoms with E-state index in [1.54, 1.807) is 7.05 Å². The highest BCUT2D eigenvalue weighted by atomic mass is 32.2. The molecular weight excluding hydrogens is 378 g/mol. The van der Waals surface area contributed by atoms with Crippen LogP contribution in [0, 0.1) is 5.41 Å². The summed E-state index contributed by atoms with van der Waals surface area (Å²) in [6, 6.07) is 0. The number of carbonyl (C=O) groups is 1. The second kappa shape index (κ2) is 9.24. The highest BCUT2D eigenvalue weighted by Crippen LogP contribution is 2.49. The first-order valence-corrected chi connectivity index (χ1v) is 11.5. The number of allylic oxidation sites excluding steroid dienone is 4. The highest BCUT2D eigenvalue weighted by Gasteiger charge is 2.48. The van der Waals surface area contributed by atoms with E-state index < -0.39 is 10.0 Å². The molecule has 158 valence electrons. The van der Waals surface area contributed by atoms with Crippen molar-refractivity contribution in [2.75, 3.05) is 46.6 Å². The van der Waals surface area contributed by atoms with Gasteiger partial charge in [-0.25, -0.2) is 13.5 Å². The molecule has 0 aromatic rings. The number of nitrogens with zero attached hydrogens (tertiary/aromatic N) is 3. The Morgan fingerprint density at radius 1 is 1.36 bits per heavy atom. The van der Waals surface area contributed by atoms with Crippen LogP contribution < -0.4 is 0 Å². The predicted octanol–water partition coefficient (Wildman–Crippen LogP) is 2.16. The van der Waals surface area contributed by atoms with Crippen molar-refractivity contribution in [1.82, 2.24) is 14.3 Å². The molecule has 0 unspecified atom stereocenters. The number of piperidine rings is 1. The maximum atomic E-state index is 12.2. The molecule has 1 amide bonds. The zero-order chi connectivity index (χ0) is 20.9. The minimum absolute atomic E-state index is 0.0246. The van der Waals surface area contributed by atoms with Gasteiger partial charge in [0.1, 0.15) is 0 Å². The Labute approximate surface area is 169 Å². The lowest BCUT2D eigenvalue weighted by atomic mass is 9.73. The van der Waals surface area contributed by atoms with Crippen LogP contribution in [0.5, 0.6) is 0 Å². The maximum absolute atomic E-state index is 12.2. The highest BCUT2D eigenvalue weighted by molar-refractivity contribution is 7.88. The van der Waals surface area contributed by atoms with Crippen LogP contribution in [0.3, 0.4) is 0 Å². The Kier molecular flexibility index (Phi) is 7.47. The third kappa shape index (κ3) is 5.04.